The normalized spacial score (nSPS) is 11.8. The summed E-state index contributed by atoms with van der Waals surface area (Å²) in [5.41, 5.74) is 0. The molecule has 0 fully saturated rings. The molecule has 0 aliphatic rings. The highest BCUT2D eigenvalue weighted by Crippen LogP contribution is 2.24. The van der Waals surface area contributed by atoms with Crippen LogP contribution in [-0.4, -0.2) is 30.3 Å². The van der Waals surface area contributed by atoms with Crippen LogP contribution in [0.5, 0.6) is 0 Å². The van der Waals surface area contributed by atoms with Gasteiger partial charge in [0, 0.05) is 22.9 Å². The summed E-state index contributed by atoms with van der Waals surface area (Å²) in [7, 11) is 0. The molecule has 0 saturated heterocycles. The van der Waals surface area contributed by atoms with E-state index in [4.69, 9.17) is 16.3 Å². The van der Waals surface area contributed by atoms with E-state index in [9.17, 15) is 9.59 Å². The molecule has 1 rings (SSSR count). The molecule has 1 atom stereocenters. The van der Waals surface area contributed by atoms with Gasteiger partial charge < -0.3 is 10.1 Å². The fourth-order valence-corrected chi connectivity index (χ4v) is 2.61. The van der Waals surface area contributed by atoms with Gasteiger partial charge in [-0.2, -0.15) is 0 Å². The lowest BCUT2D eigenvalue weighted by Crippen LogP contribution is -2.31. The number of hydrogen-bond donors (Lipinski definition) is 1. The average molecular weight is 330 g/mol. The summed E-state index contributed by atoms with van der Waals surface area (Å²) in [6.45, 7) is 4.48. The lowest BCUT2D eigenvalue weighted by molar-refractivity contribution is -0.143. The summed E-state index contributed by atoms with van der Waals surface area (Å²) in [6, 6.07) is 7.37. The number of nitrogens with one attached hydrogen (secondary N) is 1. The fourth-order valence-electron chi connectivity index (χ4n) is 1.59. The lowest BCUT2D eigenvalue weighted by atomic mass is 10.3. The summed E-state index contributed by atoms with van der Waals surface area (Å²) in [6.07, 6.45) is 0.912. The molecule has 4 nitrogen and oxygen atoms in total. The Morgan fingerprint density at radius 1 is 1.33 bits per heavy atom. The number of carbonyl (C=O) groups is 2. The van der Waals surface area contributed by atoms with Crippen LogP contribution in [0.2, 0.25) is 5.02 Å². The SMILES string of the molecule is CCOC(=O)CCCNC(=O)C(C)Sc1ccc(Cl)cc1. The highest BCUT2D eigenvalue weighted by Gasteiger charge is 2.13. The third-order valence-corrected chi connectivity index (χ3v) is 4.02. The van der Waals surface area contributed by atoms with Gasteiger partial charge in [-0.3, -0.25) is 9.59 Å². The van der Waals surface area contributed by atoms with Crippen molar-refractivity contribution in [2.45, 2.75) is 36.8 Å². The minimum atomic E-state index is -0.227. The van der Waals surface area contributed by atoms with E-state index >= 15 is 0 Å². The third kappa shape index (κ3) is 7.39. The molecule has 1 unspecified atom stereocenters. The molecule has 0 aliphatic carbocycles. The van der Waals surface area contributed by atoms with Gasteiger partial charge in [-0.25, -0.2) is 0 Å². The van der Waals surface area contributed by atoms with Crippen LogP contribution in [0.3, 0.4) is 0 Å². The molecule has 0 aliphatic heterocycles. The second-order valence-corrected chi connectivity index (χ2v) is 6.26. The first-order valence-electron chi connectivity index (χ1n) is 6.88. The van der Waals surface area contributed by atoms with Gasteiger partial charge in [0.15, 0.2) is 0 Å². The van der Waals surface area contributed by atoms with Crippen molar-refractivity contribution in [1.29, 1.82) is 0 Å². The summed E-state index contributed by atoms with van der Waals surface area (Å²) < 4.78 is 4.82. The second kappa shape index (κ2) is 9.68. The Kier molecular flexibility index (Phi) is 8.23. The van der Waals surface area contributed by atoms with Crippen molar-refractivity contribution in [3.63, 3.8) is 0 Å². The molecular weight excluding hydrogens is 310 g/mol. The van der Waals surface area contributed by atoms with Crippen molar-refractivity contribution in [1.82, 2.24) is 5.32 Å². The van der Waals surface area contributed by atoms with Crippen molar-refractivity contribution >= 4 is 35.2 Å². The van der Waals surface area contributed by atoms with Crippen molar-refractivity contribution < 1.29 is 14.3 Å². The van der Waals surface area contributed by atoms with Crippen molar-refractivity contribution in [3.05, 3.63) is 29.3 Å². The first-order chi connectivity index (χ1) is 10.0. The molecule has 0 saturated carbocycles. The molecular formula is C15H20ClNO3S. The van der Waals surface area contributed by atoms with Crippen LogP contribution in [0, 0.1) is 0 Å². The smallest absolute Gasteiger partial charge is 0.305 e. The predicted molar refractivity (Wildman–Crippen MR) is 85.6 cm³/mol. The Hall–Kier alpha value is -1.20. The van der Waals surface area contributed by atoms with E-state index in [2.05, 4.69) is 5.32 Å². The van der Waals surface area contributed by atoms with Crippen molar-refractivity contribution in [3.8, 4) is 0 Å². The molecule has 0 aromatic heterocycles. The molecule has 0 bridgehead atoms. The van der Waals surface area contributed by atoms with Crippen LogP contribution < -0.4 is 5.32 Å². The Morgan fingerprint density at radius 2 is 2.00 bits per heavy atom. The molecule has 0 radical (unpaired) electrons. The molecule has 1 aromatic rings. The van der Waals surface area contributed by atoms with E-state index in [0.717, 1.165) is 4.90 Å². The van der Waals surface area contributed by atoms with Crippen LogP contribution in [0.1, 0.15) is 26.7 Å². The lowest BCUT2D eigenvalue weighted by Gasteiger charge is -2.12. The average Bonchev–Trinajstić information content (AvgIpc) is 2.46. The maximum Gasteiger partial charge on any atom is 0.305 e. The van der Waals surface area contributed by atoms with Crippen LogP contribution in [0.15, 0.2) is 29.2 Å². The monoisotopic (exact) mass is 329 g/mol. The van der Waals surface area contributed by atoms with Gasteiger partial charge in [0.05, 0.1) is 11.9 Å². The first-order valence-corrected chi connectivity index (χ1v) is 8.14. The highest BCUT2D eigenvalue weighted by atomic mass is 35.5. The van der Waals surface area contributed by atoms with Gasteiger partial charge in [0.25, 0.3) is 0 Å². The molecule has 21 heavy (non-hydrogen) atoms. The fraction of sp³-hybridized carbons (Fsp3) is 0.467. The van der Waals surface area contributed by atoms with E-state index in [1.165, 1.54) is 11.8 Å². The summed E-state index contributed by atoms with van der Waals surface area (Å²) in [5, 5.41) is 3.29. The Labute approximate surface area is 134 Å². The molecule has 1 N–H and O–H groups in total. The van der Waals surface area contributed by atoms with Crippen molar-refractivity contribution in [2.24, 2.45) is 0 Å². The van der Waals surface area contributed by atoms with Crippen LogP contribution in [0.25, 0.3) is 0 Å². The number of thioether (sulfide) groups is 1. The number of rotatable bonds is 8. The van der Waals surface area contributed by atoms with Gasteiger partial charge >= 0.3 is 5.97 Å². The number of hydrogen-bond acceptors (Lipinski definition) is 4. The molecule has 1 aromatic carbocycles. The number of amides is 1. The van der Waals surface area contributed by atoms with Gasteiger partial charge in [0.2, 0.25) is 5.91 Å². The van der Waals surface area contributed by atoms with Gasteiger partial charge in [-0.1, -0.05) is 11.6 Å². The maximum atomic E-state index is 11.9. The number of esters is 1. The molecule has 0 heterocycles. The van der Waals surface area contributed by atoms with E-state index in [1.807, 2.05) is 19.1 Å². The number of benzene rings is 1. The minimum absolute atomic E-state index is 0.0428. The van der Waals surface area contributed by atoms with Crippen molar-refractivity contribution in [2.75, 3.05) is 13.2 Å². The summed E-state index contributed by atoms with van der Waals surface area (Å²) in [5.74, 6) is -0.269. The summed E-state index contributed by atoms with van der Waals surface area (Å²) in [4.78, 5) is 24.0. The predicted octanol–water partition coefficient (Wildman–Crippen LogP) is 3.28. The topological polar surface area (TPSA) is 55.4 Å². The zero-order valence-corrected chi connectivity index (χ0v) is 13.8. The van der Waals surface area contributed by atoms with E-state index in [1.54, 1.807) is 19.1 Å². The van der Waals surface area contributed by atoms with Crippen LogP contribution in [-0.2, 0) is 14.3 Å². The van der Waals surface area contributed by atoms with Gasteiger partial charge in [0.1, 0.15) is 0 Å². The minimum Gasteiger partial charge on any atom is -0.466 e. The standard InChI is InChI=1S/C15H20ClNO3S/c1-3-20-14(18)5-4-10-17-15(19)11(2)21-13-8-6-12(16)7-9-13/h6-9,11H,3-5,10H2,1-2H3,(H,17,19). The van der Waals surface area contributed by atoms with Crippen LogP contribution >= 0.6 is 23.4 Å². The Bertz CT molecular complexity index is 464. The van der Waals surface area contributed by atoms with E-state index in [0.29, 0.717) is 31.0 Å². The number of carbonyl (C=O) groups excluding carboxylic acids is 2. The molecule has 116 valence electrons. The van der Waals surface area contributed by atoms with E-state index in [-0.39, 0.29) is 17.1 Å². The Balaban J connectivity index is 2.25. The van der Waals surface area contributed by atoms with Gasteiger partial charge in [-0.15, -0.1) is 11.8 Å². The Morgan fingerprint density at radius 3 is 2.62 bits per heavy atom. The zero-order valence-electron chi connectivity index (χ0n) is 12.2. The largest absolute Gasteiger partial charge is 0.466 e. The molecule has 0 spiro atoms. The first kappa shape index (κ1) is 17.9. The number of halogens is 1. The van der Waals surface area contributed by atoms with Gasteiger partial charge in [-0.05, 0) is 44.5 Å². The molecule has 6 heteroatoms. The maximum absolute atomic E-state index is 11.9. The number of ether oxygens (including phenoxy) is 1. The molecule has 1 amide bonds. The summed E-state index contributed by atoms with van der Waals surface area (Å²) >= 11 is 7.29. The second-order valence-electron chi connectivity index (χ2n) is 4.41. The zero-order chi connectivity index (χ0) is 15.7. The van der Waals surface area contributed by atoms with Crippen LogP contribution in [0.4, 0.5) is 0 Å². The highest BCUT2D eigenvalue weighted by molar-refractivity contribution is 8.00. The third-order valence-electron chi connectivity index (χ3n) is 2.66. The van der Waals surface area contributed by atoms with E-state index < -0.39 is 0 Å². The quantitative estimate of drug-likeness (QED) is 0.452.